The fourth-order valence-electron chi connectivity index (χ4n) is 4.22. The highest BCUT2D eigenvalue weighted by Crippen LogP contribution is 2.41. The van der Waals surface area contributed by atoms with Crippen LogP contribution in [0.3, 0.4) is 0 Å². The molecule has 0 fully saturated rings. The minimum Gasteiger partial charge on any atom is -0.293 e. The Kier molecular flexibility index (Phi) is 5.53. The van der Waals surface area contributed by atoms with E-state index in [1.165, 1.54) is 0 Å². The number of hydrogen-bond donors (Lipinski definition) is 0. The Bertz CT molecular complexity index is 1130. The third-order valence-electron chi connectivity index (χ3n) is 5.61. The maximum absolute atomic E-state index is 13.6. The predicted octanol–water partition coefficient (Wildman–Crippen LogP) is 5.90. The van der Waals surface area contributed by atoms with Gasteiger partial charge in [0.1, 0.15) is 0 Å². The number of Topliss-reactive ketones (excluding diaryl/α,β-unsaturated/α-hetero) is 2. The highest BCUT2D eigenvalue weighted by atomic mass is 16.1. The first-order valence-corrected chi connectivity index (χ1v) is 10.1. The normalized spacial score (nSPS) is 18.7. The van der Waals surface area contributed by atoms with E-state index < -0.39 is 5.92 Å². The number of rotatable bonds is 5. The van der Waals surface area contributed by atoms with Gasteiger partial charge in [0.25, 0.3) is 0 Å². The van der Waals surface area contributed by atoms with Crippen molar-refractivity contribution in [1.29, 1.82) is 0 Å². The van der Waals surface area contributed by atoms with Gasteiger partial charge in [-0.3, -0.25) is 14.6 Å². The van der Waals surface area contributed by atoms with Crippen LogP contribution in [0.4, 0.5) is 0 Å². The maximum atomic E-state index is 13.6. The molecule has 0 saturated carbocycles. The minimum absolute atomic E-state index is 0.0171. The molecule has 0 bridgehead atoms. The Morgan fingerprint density at radius 3 is 1.77 bits per heavy atom. The molecule has 1 aliphatic heterocycles. The van der Waals surface area contributed by atoms with Crippen LogP contribution in [0.25, 0.3) is 0 Å². The van der Waals surface area contributed by atoms with Gasteiger partial charge < -0.3 is 0 Å². The van der Waals surface area contributed by atoms with E-state index in [1.807, 2.05) is 105 Å². The summed E-state index contributed by atoms with van der Waals surface area (Å²) in [5.41, 5.74) is 4.18. The van der Waals surface area contributed by atoms with Crippen LogP contribution in [0.5, 0.6) is 0 Å². The van der Waals surface area contributed by atoms with Crippen LogP contribution in [-0.2, 0) is 0 Å². The van der Waals surface area contributed by atoms with Crippen LogP contribution < -0.4 is 0 Å². The first kappa shape index (κ1) is 19.7. The molecular weight excluding hydrogens is 370 g/mol. The van der Waals surface area contributed by atoms with E-state index in [4.69, 9.17) is 0 Å². The Hall–Kier alpha value is -3.59. The molecule has 3 aromatic carbocycles. The summed E-state index contributed by atoms with van der Waals surface area (Å²) in [7, 11) is 0. The second kappa shape index (κ2) is 8.42. The van der Waals surface area contributed by atoms with E-state index in [0.29, 0.717) is 22.4 Å². The highest BCUT2D eigenvalue weighted by Gasteiger charge is 2.40. The Labute approximate surface area is 176 Å². The fourth-order valence-corrected chi connectivity index (χ4v) is 4.22. The van der Waals surface area contributed by atoms with Gasteiger partial charge in [-0.15, -0.1) is 0 Å². The number of nitrogens with zero attached hydrogens (tertiary/aromatic N) is 1. The van der Waals surface area contributed by atoms with Gasteiger partial charge in [-0.25, -0.2) is 0 Å². The molecular formula is C27H23NO2. The van der Waals surface area contributed by atoms with Gasteiger partial charge in [0.15, 0.2) is 11.6 Å². The van der Waals surface area contributed by atoms with Crippen LogP contribution in [0, 0.1) is 5.92 Å². The quantitative estimate of drug-likeness (QED) is 0.507. The molecule has 3 nitrogen and oxygen atoms in total. The number of carbonyl (C=O) groups excluding carboxylic acids is 2. The molecule has 0 aliphatic carbocycles. The minimum atomic E-state index is -0.527. The molecule has 3 heteroatoms. The van der Waals surface area contributed by atoms with Gasteiger partial charge in [-0.05, 0) is 19.4 Å². The lowest BCUT2D eigenvalue weighted by Gasteiger charge is -2.32. The topological polar surface area (TPSA) is 46.5 Å². The zero-order valence-corrected chi connectivity index (χ0v) is 17.1. The summed E-state index contributed by atoms with van der Waals surface area (Å²) in [5, 5.41) is 0. The summed E-state index contributed by atoms with van der Waals surface area (Å²) in [6, 6.07) is 28.3. The number of benzene rings is 3. The van der Waals surface area contributed by atoms with Crippen LogP contribution in [0.15, 0.2) is 107 Å². The average Bonchev–Trinajstić information content (AvgIpc) is 2.79. The number of hydrogen-bond acceptors (Lipinski definition) is 3. The second-order valence-electron chi connectivity index (χ2n) is 7.54. The number of carbonyl (C=O) groups is 2. The van der Waals surface area contributed by atoms with Crippen LogP contribution in [0.2, 0.25) is 0 Å². The zero-order chi connectivity index (χ0) is 21.1. The fraction of sp³-hybridized carbons (Fsp3) is 0.148. The van der Waals surface area contributed by atoms with Gasteiger partial charge in [0, 0.05) is 34.0 Å². The summed E-state index contributed by atoms with van der Waals surface area (Å²) in [4.78, 5) is 31.8. The Balaban J connectivity index is 1.88. The van der Waals surface area contributed by atoms with Crippen molar-refractivity contribution in [1.82, 2.24) is 0 Å². The van der Waals surface area contributed by atoms with Gasteiger partial charge in [-0.2, -0.15) is 0 Å². The van der Waals surface area contributed by atoms with E-state index in [9.17, 15) is 9.59 Å². The van der Waals surface area contributed by atoms with Crippen molar-refractivity contribution >= 4 is 17.3 Å². The summed E-state index contributed by atoms with van der Waals surface area (Å²) in [5.74, 6) is -1.01. The van der Waals surface area contributed by atoms with Crippen molar-refractivity contribution in [3.63, 3.8) is 0 Å². The van der Waals surface area contributed by atoms with Crippen molar-refractivity contribution in [2.75, 3.05) is 0 Å². The third kappa shape index (κ3) is 3.67. The molecule has 0 aromatic heterocycles. The van der Waals surface area contributed by atoms with E-state index >= 15 is 0 Å². The van der Waals surface area contributed by atoms with E-state index in [2.05, 4.69) is 4.99 Å². The molecule has 2 unspecified atom stereocenters. The molecule has 1 aliphatic rings. The Morgan fingerprint density at radius 2 is 1.20 bits per heavy atom. The van der Waals surface area contributed by atoms with E-state index in [-0.39, 0.29) is 17.5 Å². The summed E-state index contributed by atoms with van der Waals surface area (Å²) in [6.45, 7) is 3.74. The molecule has 0 saturated heterocycles. The van der Waals surface area contributed by atoms with Gasteiger partial charge in [-0.1, -0.05) is 91.0 Å². The SMILES string of the molecule is CC1=NC(C)=C(C(=O)c2ccccc2)C(c2ccccc2)C1C(=O)c1ccccc1. The van der Waals surface area contributed by atoms with E-state index in [1.54, 1.807) is 0 Å². The first-order chi connectivity index (χ1) is 14.6. The van der Waals surface area contributed by atoms with Crippen molar-refractivity contribution in [3.05, 3.63) is 119 Å². The molecule has 30 heavy (non-hydrogen) atoms. The molecule has 2 atom stereocenters. The van der Waals surface area contributed by atoms with Crippen molar-refractivity contribution in [2.45, 2.75) is 19.8 Å². The number of aliphatic imine (C=N–C) groups is 1. The number of allylic oxidation sites excluding steroid dienone is 2. The van der Waals surface area contributed by atoms with E-state index in [0.717, 1.165) is 11.3 Å². The van der Waals surface area contributed by atoms with Crippen molar-refractivity contribution < 1.29 is 9.59 Å². The maximum Gasteiger partial charge on any atom is 0.191 e. The molecule has 0 amide bonds. The van der Waals surface area contributed by atoms with Crippen LogP contribution >= 0.6 is 0 Å². The molecule has 0 N–H and O–H groups in total. The van der Waals surface area contributed by atoms with Gasteiger partial charge >= 0.3 is 0 Å². The summed E-state index contributed by atoms with van der Waals surface area (Å²) < 4.78 is 0. The lowest BCUT2D eigenvalue weighted by molar-refractivity contribution is 0.0938. The largest absolute Gasteiger partial charge is 0.293 e. The monoisotopic (exact) mass is 393 g/mol. The zero-order valence-electron chi connectivity index (χ0n) is 17.1. The lowest BCUT2D eigenvalue weighted by Crippen LogP contribution is -2.35. The molecule has 4 rings (SSSR count). The first-order valence-electron chi connectivity index (χ1n) is 10.1. The van der Waals surface area contributed by atoms with Gasteiger partial charge in [0.05, 0.1) is 5.92 Å². The van der Waals surface area contributed by atoms with Crippen LogP contribution in [-0.4, -0.2) is 17.3 Å². The third-order valence-corrected chi connectivity index (χ3v) is 5.61. The highest BCUT2D eigenvalue weighted by molar-refractivity contribution is 6.17. The molecule has 0 spiro atoms. The molecule has 3 aromatic rings. The van der Waals surface area contributed by atoms with Gasteiger partial charge in [0.2, 0.25) is 0 Å². The second-order valence-corrected chi connectivity index (χ2v) is 7.54. The summed E-state index contributed by atoms with van der Waals surface area (Å²) >= 11 is 0. The van der Waals surface area contributed by atoms with Crippen LogP contribution in [0.1, 0.15) is 46.0 Å². The lowest BCUT2D eigenvalue weighted by atomic mass is 9.71. The van der Waals surface area contributed by atoms with Crippen molar-refractivity contribution in [2.24, 2.45) is 10.9 Å². The predicted molar refractivity (Wildman–Crippen MR) is 120 cm³/mol. The van der Waals surface area contributed by atoms with Crippen molar-refractivity contribution in [3.8, 4) is 0 Å². The Morgan fingerprint density at radius 1 is 0.700 bits per heavy atom. The summed E-state index contributed by atoms with van der Waals surface area (Å²) in [6.07, 6.45) is 0. The number of ketones is 2. The standard InChI is InChI=1S/C27H23NO2/c1-18-23(26(29)21-14-8-4-9-15-21)25(20-12-6-3-7-13-20)24(19(2)28-18)27(30)22-16-10-5-11-17-22/h3-17,23,25H,1-2H3. The smallest absolute Gasteiger partial charge is 0.191 e. The molecule has 1 heterocycles. The average molecular weight is 393 g/mol. The molecule has 148 valence electrons. The molecule has 0 radical (unpaired) electrons.